The first kappa shape index (κ1) is 10.6. The number of hydrogen-bond donors (Lipinski definition) is 2. The van der Waals surface area contributed by atoms with Gasteiger partial charge in [-0.25, -0.2) is 4.98 Å². The third-order valence-electron chi connectivity index (χ3n) is 3.58. The monoisotopic (exact) mass is 231 g/mol. The van der Waals surface area contributed by atoms with Crippen molar-refractivity contribution in [1.82, 2.24) is 9.55 Å². The maximum absolute atomic E-state index is 9.50. The Labute approximate surface area is 100 Å². The Morgan fingerprint density at radius 1 is 1.41 bits per heavy atom. The van der Waals surface area contributed by atoms with E-state index in [0.29, 0.717) is 12.5 Å². The van der Waals surface area contributed by atoms with Gasteiger partial charge in [-0.15, -0.1) is 0 Å². The van der Waals surface area contributed by atoms with Crippen molar-refractivity contribution in [1.29, 1.82) is 0 Å². The fourth-order valence-corrected chi connectivity index (χ4v) is 2.48. The minimum absolute atomic E-state index is 0.273. The normalized spacial score (nSPS) is 16.3. The molecule has 0 radical (unpaired) electrons. The largest absolute Gasteiger partial charge is 0.508 e. The predicted octanol–water partition coefficient (Wildman–Crippen LogP) is 1.97. The highest BCUT2D eigenvalue weighted by Crippen LogP contribution is 2.37. The number of aromatic hydroxyl groups is 1. The number of imidazole rings is 1. The van der Waals surface area contributed by atoms with E-state index in [0.717, 1.165) is 23.4 Å². The number of nitrogens with two attached hydrogens (primary N) is 1. The van der Waals surface area contributed by atoms with E-state index in [1.165, 1.54) is 19.3 Å². The number of nitrogens with zero attached hydrogens (tertiary/aromatic N) is 2. The molecule has 1 aromatic carbocycles. The van der Waals surface area contributed by atoms with Crippen molar-refractivity contribution >= 4 is 11.0 Å². The molecule has 1 fully saturated rings. The second kappa shape index (κ2) is 4.04. The molecule has 1 aromatic heterocycles. The van der Waals surface area contributed by atoms with E-state index in [2.05, 4.69) is 9.55 Å². The maximum Gasteiger partial charge on any atom is 0.117 e. The lowest BCUT2D eigenvalue weighted by molar-refractivity contribution is 0.389. The van der Waals surface area contributed by atoms with E-state index in [1.54, 1.807) is 12.1 Å². The standard InChI is InChI=1S/C13H17N3O/c14-6-7-16-12-5-4-10(17)8-11(12)15-13(16)9-2-1-3-9/h4-5,8-9,17H,1-3,6-7,14H2. The van der Waals surface area contributed by atoms with Crippen LogP contribution in [0.15, 0.2) is 18.2 Å². The molecular weight excluding hydrogens is 214 g/mol. The molecule has 1 heterocycles. The van der Waals surface area contributed by atoms with Crippen LogP contribution in [-0.4, -0.2) is 21.2 Å². The molecule has 0 aliphatic heterocycles. The molecule has 1 aliphatic rings. The van der Waals surface area contributed by atoms with Crippen molar-refractivity contribution in [3.8, 4) is 5.75 Å². The van der Waals surface area contributed by atoms with Gasteiger partial charge in [0.2, 0.25) is 0 Å². The molecule has 17 heavy (non-hydrogen) atoms. The van der Waals surface area contributed by atoms with Gasteiger partial charge < -0.3 is 15.4 Å². The molecule has 3 N–H and O–H groups in total. The molecule has 0 amide bonds. The van der Waals surface area contributed by atoms with E-state index in [-0.39, 0.29) is 5.75 Å². The minimum atomic E-state index is 0.273. The first-order valence-electron chi connectivity index (χ1n) is 6.19. The van der Waals surface area contributed by atoms with Crippen LogP contribution < -0.4 is 5.73 Å². The summed E-state index contributed by atoms with van der Waals surface area (Å²) in [6.45, 7) is 1.42. The summed E-state index contributed by atoms with van der Waals surface area (Å²) in [4.78, 5) is 4.66. The molecule has 0 spiro atoms. The van der Waals surface area contributed by atoms with Crippen LogP contribution >= 0.6 is 0 Å². The Morgan fingerprint density at radius 2 is 2.24 bits per heavy atom. The molecule has 1 saturated carbocycles. The molecular formula is C13H17N3O. The van der Waals surface area contributed by atoms with Crippen LogP contribution in [0.4, 0.5) is 0 Å². The van der Waals surface area contributed by atoms with E-state index >= 15 is 0 Å². The van der Waals surface area contributed by atoms with Crippen molar-refractivity contribution in [2.75, 3.05) is 6.54 Å². The molecule has 4 heteroatoms. The summed E-state index contributed by atoms with van der Waals surface area (Å²) in [7, 11) is 0. The fraction of sp³-hybridized carbons (Fsp3) is 0.462. The van der Waals surface area contributed by atoms with Gasteiger partial charge in [0.25, 0.3) is 0 Å². The summed E-state index contributed by atoms with van der Waals surface area (Å²) < 4.78 is 2.21. The van der Waals surface area contributed by atoms with Crippen molar-refractivity contribution in [3.05, 3.63) is 24.0 Å². The third-order valence-corrected chi connectivity index (χ3v) is 3.58. The van der Waals surface area contributed by atoms with Gasteiger partial charge >= 0.3 is 0 Å². The van der Waals surface area contributed by atoms with Crippen LogP contribution in [0.3, 0.4) is 0 Å². The second-order valence-corrected chi connectivity index (χ2v) is 4.71. The van der Waals surface area contributed by atoms with Gasteiger partial charge in [0.15, 0.2) is 0 Å². The van der Waals surface area contributed by atoms with E-state index in [4.69, 9.17) is 5.73 Å². The van der Waals surface area contributed by atoms with Crippen LogP contribution in [0, 0.1) is 0 Å². The zero-order valence-electron chi connectivity index (χ0n) is 9.76. The van der Waals surface area contributed by atoms with Crippen LogP contribution in [0.25, 0.3) is 11.0 Å². The predicted molar refractivity (Wildman–Crippen MR) is 67.0 cm³/mol. The summed E-state index contributed by atoms with van der Waals surface area (Å²) in [5.74, 6) is 1.99. The van der Waals surface area contributed by atoms with Gasteiger partial charge in [0.1, 0.15) is 11.6 Å². The minimum Gasteiger partial charge on any atom is -0.508 e. The maximum atomic E-state index is 9.50. The highest BCUT2D eigenvalue weighted by atomic mass is 16.3. The first-order chi connectivity index (χ1) is 8.29. The van der Waals surface area contributed by atoms with Crippen molar-refractivity contribution in [2.24, 2.45) is 5.73 Å². The molecule has 0 bridgehead atoms. The lowest BCUT2D eigenvalue weighted by atomic mass is 9.85. The second-order valence-electron chi connectivity index (χ2n) is 4.71. The SMILES string of the molecule is NCCn1c(C2CCC2)nc2cc(O)ccc21. The molecule has 90 valence electrons. The first-order valence-corrected chi connectivity index (χ1v) is 6.19. The Kier molecular flexibility index (Phi) is 2.52. The summed E-state index contributed by atoms with van der Waals surface area (Å²) in [6.07, 6.45) is 3.74. The molecule has 3 rings (SSSR count). The molecule has 0 atom stereocenters. The molecule has 0 saturated heterocycles. The zero-order valence-corrected chi connectivity index (χ0v) is 9.76. The number of fused-ring (bicyclic) bond motifs is 1. The Morgan fingerprint density at radius 3 is 2.88 bits per heavy atom. The van der Waals surface area contributed by atoms with Gasteiger partial charge in [0.05, 0.1) is 11.0 Å². The van der Waals surface area contributed by atoms with E-state index in [9.17, 15) is 5.11 Å². The van der Waals surface area contributed by atoms with Gasteiger partial charge in [-0.3, -0.25) is 0 Å². The lowest BCUT2D eigenvalue weighted by Crippen LogP contribution is -2.18. The van der Waals surface area contributed by atoms with Crippen molar-refractivity contribution < 1.29 is 5.11 Å². The number of benzene rings is 1. The highest BCUT2D eigenvalue weighted by molar-refractivity contribution is 5.77. The van der Waals surface area contributed by atoms with Gasteiger partial charge in [-0.1, -0.05) is 6.42 Å². The number of phenols is 1. The third kappa shape index (κ3) is 1.69. The van der Waals surface area contributed by atoms with Crippen LogP contribution in [0.1, 0.15) is 31.0 Å². The van der Waals surface area contributed by atoms with Crippen LogP contribution in [-0.2, 0) is 6.54 Å². The summed E-state index contributed by atoms with van der Waals surface area (Å²) in [6, 6.07) is 5.36. The lowest BCUT2D eigenvalue weighted by Gasteiger charge is -2.25. The average Bonchev–Trinajstić information content (AvgIpc) is 2.55. The number of rotatable bonds is 3. The van der Waals surface area contributed by atoms with E-state index < -0.39 is 0 Å². The zero-order chi connectivity index (χ0) is 11.8. The number of aromatic nitrogens is 2. The topological polar surface area (TPSA) is 64.1 Å². The van der Waals surface area contributed by atoms with Crippen LogP contribution in [0.2, 0.25) is 0 Å². The Bertz CT molecular complexity index is 543. The van der Waals surface area contributed by atoms with Crippen molar-refractivity contribution in [2.45, 2.75) is 31.7 Å². The fourth-order valence-electron chi connectivity index (χ4n) is 2.48. The summed E-state index contributed by atoms with van der Waals surface area (Å²) in [5, 5.41) is 9.50. The van der Waals surface area contributed by atoms with Gasteiger partial charge in [0, 0.05) is 25.1 Å². The molecule has 1 aliphatic carbocycles. The molecule has 2 aromatic rings. The van der Waals surface area contributed by atoms with Gasteiger partial charge in [-0.2, -0.15) is 0 Å². The molecule has 4 nitrogen and oxygen atoms in total. The summed E-state index contributed by atoms with van der Waals surface area (Å²) >= 11 is 0. The highest BCUT2D eigenvalue weighted by Gasteiger charge is 2.25. The quantitative estimate of drug-likeness (QED) is 0.848. The smallest absolute Gasteiger partial charge is 0.117 e. The van der Waals surface area contributed by atoms with E-state index in [1.807, 2.05) is 6.07 Å². The van der Waals surface area contributed by atoms with Crippen LogP contribution in [0.5, 0.6) is 5.75 Å². The summed E-state index contributed by atoms with van der Waals surface area (Å²) in [5.41, 5.74) is 7.63. The Balaban J connectivity index is 2.14. The number of phenolic OH excluding ortho intramolecular Hbond substituents is 1. The number of hydrogen-bond acceptors (Lipinski definition) is 3. The Hall–Kier alpha value is -1.55. The van der Waals surface area contributed by atoms with Crippen molar-refractivity contribution in [3.63, 3.8) is 0 Å². The average molecular weight is 231 g/mol. The molecule has 0 unspecified atom stereocenters. The van der Waals surface area contributed by atoms with Gasteiger partial charge in [-0.05, 0) is 25.0 Å².